The Labute approximate surface area is 183 Å². The summed E-state index contributed by atoms with van der Waals surface area (Å²) in [7, 11) is 0. The number of amides is 2. The first-order chi connectivity index (χ1) is 14.7. The minimum absolute atomic E-state index is 0.0724. The second-order valence-electron chi connectivity index (χ2n) is 7.15. The fourth-order valence-corrected chi connectivity index (χ4v) is 4.82. The van der Waals surface area contributed by atoms with Crippen LogP contribution in [0.2, 0.25) is 0 Å². The van der Waals surface area contributed by atoms with Gasteiger partial charge in [-0.2, -0.15) is 0 Å². The van der Waals surface area contributed by atoms with Crippen LogP contribution in [0.1, 0.15) is 50.9 Å². The lowest BCUT2D eigenvalue weighted by molar-refractivity contribution is 0.0862. The average Bonchev–Trinajstić information content (AvgIpc) is 3.47. The summed E-state index contributed by atoms with van der Waals surface area (Å²) in [5.41, 5.74) is 0.389. The lowest BCUT2D eigenvalue weighted by Crippen LogP contribution is -2.53. The summed E-state index contributed by atoms with van der Waals surface area (Å²) in [5, 5.41) is 10.5. The smallest absolute Gasteiger partial charge is 0.271 e. The van der Waals surface area contributed by atoms with Crippen LogP contribution in [-0.2, 0) is 6.61 Å². The van der Waals surface area contributed by atoms with Crippen LogP contribution >= 0.6 is 22.7 Å². The van der Waals surface area contributed by atoms with Gasteiger partial charge in [0.05, 0.1) is 4.88 Å². The predicted octanol–water partition coefficient (Wildman–Crippen LogP) is 4.25. The predicted molar refractivity (Wildman–Crippen MR) is 118 cm³/mol. The maximum atomic E-state index is 12.7. The van der Waals surface area contributed by atoms with Gasteiger partial charge >= 0.3 is 0 Å². The molecule has 30 heavy (non-hydrogen) atoms. The van der Waals surface area contributed by atoms with Crippen LogP contribution in [0.5, 0.6) is 5.75 Å². The molecule has 6 nitrogen and oxygen atoms in total. The lowest BCUT2D eigenvalue weighted by atomic mass is 9.90. The quantitative estimate of drug-likeness (QED) is 0.574. The topological polar surface area (TPSA) is 80.3 Å². The highest BCUT2D eigenvalue weighted by Gasteiger charge is 2.29. The van der Waals surface area contributed by atoms with Crippen molar-refractivity contribution >= 4 is 34.5 Å². The molecule has 156 valence electrons. The third-order valence-electron chi connectivity index (χ3n) is 5.03. The molecule has 2 aromatic heterocycles. The summed E-state index contributed by atoms with van der Waals surface area (Å²) in [6.45, 7) is 0.324. The molecule has 1 fully saturated rings. The number of nitrogens with one attached hydrogen (secondary N) is 2. The van der Waals surface area contributed by atoms with Crippen molar-refractivity contribution in [3.63, 3.8) is 0 Å². The molecule has 2 amide bonds. The molecule has 8 heteroatoms. The Morgan fingerprint density at radius 3 is 2.40 bits per heavy atom. The van der Waals surface area contributed by atoms with E-state index < -0.39 is 0 Å². The van der Waals surface area contributed by atoms with Crippen LogP contribution < -0.4 is 15.4 Å². The molecule has 0 aliphatic heterocycles. The van der Waals surface area contributed by atoms with Gasteiger partial charge in [0, 0.05) is 17.5 Å². The largest absolute Gasteiger partial charge is 0.486 e. The van der Waals surface area contributed by atoms with E-state index in [1.165, 1.54) is 22.7 Å². The summed E-state index contributed by atoms with van der Waals surface area (Å²) < 4.78 is 5.70. The van der Waals surface area contributed by atoms with Gasteiger partial charge in [-0.15, -0.1) is 22.7 Å². The minimum atomic E-state index is -0.209. The fourth-order valence-electron chi connectivity index (χ4n) is 3.51. The van der Waals surface area contributed by atoms with Gasteiger partial charge in [-0.05, 0) is 36.4 Å². The maximum absolute atomic E-state index is 12.7. The summed E-state index contributed by atoms with van der Waals surface area (Å²) in [6.07, 6.45) is 3.77. The van der Waals surface area contributed by atoms with E-state index in [-0.39, 0.29) is 23.9 Å². The number of hydrogen-bond donors (Lipinski definition) is 2. The minimum Gasteiger partial charge on any atom is -0.486 e. The molecule has 1 aliphatic rings. The Morgan fingerprint density at radius 1 is 0.967 bits per heavy atom. The molecule has 0 radical (unpaired) electrons. The highest BCUT2D eigenvalue weighted by molar-refractivity contribution is 7.12. The standard InChI is InChI=1S/C22H23N3O3S2/c26-21(18-14-30-20(23-18)13-28-15-7-2-1-3-8-15)24-16-9-4-5-10-17(16)25-22(27)19-11-6-12-29-19/h1-3,6-8,11-12,14,16-17H,4-5,9-10,13H2,(H,24,26)(H,25,27). The maximum Gasteiger partial charge on any atom is 0.271 e. The lowest BCUT2D eigenvalue weighted by Gasteiger charge is -2.32. The van der Waals surface area contributed by atoms with Crippen LogP contribution in [-0.4, -0.2) is 28.9 Å². The van der Waals surface area contributed by atoms with E-state index in [1.807, 2.05) is 47.8 Å². The van der Waals surface area contributed by atoms with Crippen LogP contribution in [0, 0.1) is 0 Å². The van der Waals surface area contributed by atoms with E-state index in [0.29, 0.717) is 17.2 Å². The monoisotopic (exact) mass is 441 g/mol. The number of aromatic nitrogens is 1. The van der Waals surface area contributed by atoms with E-state index in [2.05, 4.69) is 15.6 Å². The first-order valence-corrected chi connectivity index (χ1v) is 11.7. The van der Waals surface area contributed by atoms with Crippen molar-refractivity contribution in [1.82, 2.24) is 15.6 Å². The number of thiophene rings is 1. The number of thiazole rings is 1. The highest BCUT2D eigenvalue weighted by Crippen LogP contribution is 2.21. The van der Waals surface area contributed by atoms with Crippen molar-refractivity contribution in [3.05, 3.63) is 68.8 Å². The van der Waals surface area contributed by atoms with Gasteiger partial charge in [-0.25, -0.2) is 4.98 Å². The first kappa shape index (κ1) is 20.6. The number of carbonyl (C=O) groups is 2. The molecule has 2 heterocycles. The summed E-state index contributed by atoms with van der Waals surface area (Å²) in [6, 6.07) is 13.0. The highest BCUT2D eigenvalue weighted by atomic mass is 32.1. The van der Waals surface area contributed by atoms with Crippen LogP contribution in [0.4, 0.5) is 0 Å². The number of carbonyl (C=O) groups excluding carboxylic acids is 2. The summed E-state index contributed by atoms with van der Waals surface area (Å²) in [4.78, 5) is 30.3. The van der Waals surface area contributed by atoms with Gasteiger partial charge in [0.1, 0.15) is 23.1 Å². The van der Waals surface area contributed by atoms with E-state index in [9.17, 15) is 9.59 Å². The fraction of sp³-hybridized carbons (Fsp3) is 0.318. The average molecular weight is 442 g/mol. The van der Waals surface area contributed by atoms with Crippen molar-refractivity contribution < 1.29 is 14.3 Å². The molecule has 2 unspecified atom stereocenters. The zero-order valence-corrected chi connectivity index (χ0v) is 18.0. The van der Waals surface area contributed by atoms with Gasteiger partial charge in [-0.3, -0.25) is 9.59 Å². The van der Waals surface area contributed by atoms with Gasteiger partial charge in [0.25, 0.3) is 11.8 Å². The number of para-hydroxylation sites is 1. The van der Waals surface area contributed by atoms with Crippen molar-refractivity contribution in [2.24, 2.45) is 0 Å². The number of ether oxygens (including phenoxy) is 1. The van der Waals surface area contributed by atoms with Crippen molar-refractivity contribution in [1.29, 1.82) is 0 Å². The van der Waals surface area contributed by atoms with Crippen LogP contribution in [0.15, 0.2) is 53.2 Å². The summed E-state index contributed by atoms with van der Waals surface area (Å²) in [5.74, 6) is 0.481. The molecule has 2 atom stereocenters. The number of nitrogens with zero attached hydrogens (tertiary/aromatic N) is 1. The SMILES string of the molecule is O=C(NC1CCCCC1NC(=O)c1cccs1)c1csc(COc2ccccc2)n1. The molecule has 1 aliphatic carbocycles. The number of rotatable bonds is 7. The van der Waals surface area contributed by atoms with E-state index >= 15 is 0 Å². The molecule has 3 aromatic rings. The van der Waals surface area contributed by atoms with E-state index in [0.717, 1.165) is 36.4 Å². The molecule has 0 bridgehead atoms. The number of benzene rings is 1. The molecular weight excluding hydrogens is 418 g/mol. The van der Waals surface area contributed by atoms with E-state index in [4.69, 9.17) is 4.74 Å². The van der Waals surface area contributed by atoms with Crippen molar-refractivity contribution in [3.8, 4) is 5.75 Å². The Hall–Kier alpha value is -2.71. The number of hydrogen-bond acceptors (Lipinski definition) is 6. The Bertz CT molecular complexity index is 973. The second-order valence-corrected chi connectivity index (χ2v) is 9.04. The molecule has 0 spiro atoms. The zero-order valence-electron chi connectivity index (χ0n) is 16.4. The molecule has 4 rings (SSSR count). The Kier molecular flexibility index (Phi) is 6.76. The van der Waals surface area contributed by atoms with Gasteiger partial charge in [-0.1, -0.05) is 37.1 Å². The van der Waals surface area contributed by atoms with Crippen molar-refractivity contribution in [2.45, 2.75) is 44.4 Å². The second kappa shape index (κ2) is 9.86. The zero-order chi connectivity index (χ0) is 20.8. The Morgan fingerprint density at radius 2 is 1.70 bits per heavy atom. The molecule has 0 saturated heterocycles. The van der Waals surface area contributed by atoms with Crippen molar-refractivity contribution in [2.75, 3.05) is 0 Å². The summed E-state index contributed by atoms with van der Waals surface area (Å²) >= 11 is 2.82. The van der Waals surface area contributed by atoms with E-state index in [1.54, 1.807) is 5.38 Å². The van der Waals surface area contributed by atoms with Crippen LogP contribution in [0.3, 0.4) is 0 Å². The van der Waals surface area contributed by atoms with Gasteiger partial charge in [0.2, 0.25) is 0 Å². The normalized spacial score (nSPS) is 18.5. The first-order valence-electron chi connectivity index (χ1n) is 9.96. The third-order valence-corrected chi connectivity index (χ3v) is 6.72. The van der Waals surface area contributed by atoms with Gasteiger partial charge in [0.15, 0.2) is 0 Å². The molecule has 2 N–H and O–H groups in total. The molecule has 1 aromatic carbocycles. The van der Waals surface area contributed by atoms with Gasteiger partial charge < -0.3 is 15.4 Å². The molecule has 1 saturated carbocycles. The van der Waals surface area contributed by atoms with Crippen LogP contribution in [0.25, 0.3) is 0 Å². The molecular formula is C22H23N3O3S2. The third kappa shape index (κ3) is 5.25. The Balaban J connectivity index is 1.33.